The Kier molecular flexibility index (Phi) is 3.34. The maximum absolute atomic E-state index is 5.86. The summed E-state index contributed by atoms with van der Waals surface area (Å²) in [4.78, 5) is 6.74. The highest BCUT2D eigenvalue weighted by Crippen LogP contribution is 2.29. The van der Waals surface area contributed by atoms with Gasteiger partial charge in [0.05, 0.1) is 6.54 Å². The Morgan fingerprint density at radius 2 is 2.25 bits per heavy atom. The van der Waals surface area contributed by atoms with Crippen LogP contribution < -0.4 is 10.6 Å². The van der Waals surface area contributed by atoms with Gasteiger partial charge in [-0.3, -0.25) is 0 Å². The van der Waals surface area contributed by atoms with Crippen LogP contribution in [-0.4, -0.2) is 16.7 Å². The lowest BCUT2D eigenvalue weighted by molar-refractivity contribution is 0.368. The summed E-state index contributed by atoms with van der Waals surface area (Å²) in [5, 5.41) is 4.02. The van der Waals surface area contributed by atoms with E-state index >= 15 is 0 Å². The van der Waals surface area contributed by atoms with Gasteiger partial charge in [-0.2, -0.15) is 4.98 Å². The Morgan fingerprint density at radius 1 is 1.40 bits per heavy atom. The van der Waals surface area contributed by atoms with Gasteiger partial charge < -0.3 is 15.2 Å². The van der Waals surface area contributed by atoms with Crippen molar-refractivity contribution in [3.8, 4) is 0 Å². The monoisotopic (exact) mass is 272 g/mol. The molecule has 5 heteroatoms. The average Bonchev–Trinajstić information content (AvgIpc) is 2.87. The smallest absolute Gasteiger partial charge is 0.246 e. The van der Waals surface area contributed by atoms with E-state index in [1.54, 1.807) is 0 Å². The molecule has 0 spiro atoms. The molecule has 0 unspecified atom stereocenters. The number of benzene rings is 1. The van der Waals surface area contributed by atoms with Crippen molar-refractivity contribution in [1.29, 1.82) is 0 Å². The van der Waals surface area contributed by atoms with E-state index in [4.69, 9.17) is 10.3 Å². The molecule has 5 nitrogen and oxygen atoms in total. The van der Waals surface area contributed by atoms with E-state index in [1.165, 1.54) is 11.3 Å². The minimum atomic E-state index is 0.293. The van der Waals surface area contributed by atoms with Crippen LogP contribution in [0.5, 0.6) is 0 Å². The van der Waals surface area contributed by atoms with E-state index in [2.05, 4.69) is 41.0 Å². The first-order chi connectivity index (χ1) is 9.63. The predicted molar refractivity (Wildman–Crippen MR) is 78.6 cm³/mol. The van der Waals surface area contributed by atoms with Gasteiger partial charge >= 0.3 is 0 Å². The zero-order valence-electron chi connectivity index (χ0n) is 12.0. The van der Waals surface area contributed by atoms with Crippen LogP contribution in [0.4, 0.5) is 11.4 Å². The summed E-state index contributed by atoms with van der Waals surface area (Å²) in [5.74, 6) is 1.74. The van der Waals surface area contributed by atoms with E-state index in [9.17, 15) is 0 Å². The first kappa shape index (κ1) is 13.0. The molecule has 3 rings (SSSR count). The summed E-state index contributed by atoms with van der Waals surface area (Å²) in [6.07, 6.45) is 2.21. The minimum Gasteiger partial charge on any atom is -0.399 e. The largest absolute Gasteiger partial charge is 0.399 e. The SMILES string of the molecule is CC(C)c1noc(CN2CCCc3cc(N)ccc32)n1. The fourth-order valence-electron chi connectivity index (χ4n) is 2.59. The van der Waals surface area contributed by atoms with Crippen LogP contribution in [0.1, 0.15) is 43.5 Å². The molecule has 0 saturated heterocycles. The highest BCUT2D eigenvalue weighted by atomic mass is 16.5. The van der Waals surface area contributed by atoms with Crippen LogP contribution in [0.2, 0.25) is 0 Å². The van der Waals surface area contributed by atoms with Crippen molar-refractivity contribution >= 4 is 11.4 Å². The Balaban J connectivity index is 1.82. The van der Waals surface area contributed by atoms with Crippen molar-refractivity contribution < 1.29 is 4.52 Å². The van der Waals surface area contributed by atoms with Crippen LogP contribution in [0.3, 0.4) is 0 Å². The van der Waals surface area contributed by atoms with Gasteiger partial charge in [-0.15, -0.1) is 0 Å². The number of anilines is 2. The molecule has 1 aromatic carbocycles. The van der Waals surface area contributed by atoms with Crippen LogP contribution >= 0.6 is 0 Å². The molecule has 1 aromatic heterocycles. The van der Waals surface area contributed by atoms with Crippen molar-refractivity contribution in [3.63, 3.8) is 0 Å². The van der Waals surface area contributed by atoms with Gasteiger partial charge in [0.15, 0.2) is 5.82 Å². The molecule has 0 radical (unpaired) electrons. The molecule has 2 N–H and O–H groups in total. The summed E-state index contributed by atoms with van der Waals surface area (Å²) in [6.45, 7) is 5.80. The molecule has 0 amide bonds. The minimum absolute atomic E-state index is 0.293. The second-order valence-corrected chi connectivity index (χ2v) is 5.61. The second kappa shape index (κ2) is 5.15. The van der Waals surface area contributed by atoms with Crippen LogP contribution in [-0.2, 0) is 13.0 Å². The van der Waals surface area contributed by atoms with Crippen molar-refractivity contribution in [3.05, 3.63) is 35.5 Å². The molecule has 1 aliphatic rings. The van der Waals surface area contributed by atoms with Crippen molar-refractivity contribution in [2.75, 3.05) is 17.2 Å². The molecule has 0 atom stereocenters. The topological polar surface area (TPSA) is 68.2 Å². The Hall–Kier alpha value is -2.04. The van der Waals surface area contributed by atoms with Gasteiger partial charge in [0, 0.05) is 23.8 Å². The number of nitrogens with two attached hydrogens (primary N) is 1. The maximum Gasteiger partial charge on any atom is 0.246 e. The van der Waals surface area contributed by atoms with E-state index in [0.29, 0.717) is 18.4 Å². The zero-order chi connectivity index (χ0) is 14.1. The highest BCUT2D eigenvalue weighted by Gasteiger charge is 2.20. The van der Waals surface area contributed by atoms with E-state index in [1.807, 2.05) is 6.07 Å². The van der Waals surface area contributed by atoms with E-state index in [0.717, 1.165) is 30.9 Å². The number of aromatic nitrogens is 2. The highest BCUT2D eigenvalue weighted by molar-refractivity contribution is 5.60. The molecule has 0 aliphatic carbocycles. The molecule has 1 aliphatic heterocycles. The molecule has 2 heterocycles. The quantitative estimate of drug-likeness (QED) is 0.870. The van der Waals surface area contributed by atoms with E-state index in [-0.39, 0.29) is 0 Å². The average molecular weight is 272 g/mol. The lowest BCUT2D eigenvalue weighted by Gasteiger charge is -2.30. The van der Waals surface area contributed by atoms with Gasteiger partial charge in [0.1, 0.15) is 0 Å². The van der Waals surface area contributed by atoms with Crippen molar-refractivity contribution in [2.24, 2.45) is 0 Å². The summed E-state index contributed by atoms with van der Waals surface area (Å²) in [7, 11) is 0. The molecule has 106 valence electrons. The lowest BCUT2D eigenvalue weighted by atomic mass is 10.0. The number of nitrogens with zero attached hydrogens (tertiary/aromatic N) is 3. The predicted octanol–water partition coefficient (Wildman–Crippen LogP) is 2.73. The Morgan fingerprint density at radius 3 is 3.00 bits per heavy atom. The Labute approximate surface area is 118 Å². The number of rotatable bonds is 3. The van der Waals surface area contributed by atoms with Gasteiger partial charge in [0.25, 0.3) is 0 Å². The number of hydrogen-bond acceptors (Lipinski definition) is 5. The summed E-state index contributed by atoms with van der Waals surface area (Å²) in [5.41, 5.74) is 9.22. The normalized spacial score (nSPS) is 14.7. The number of hydrogen-bond donors (Lipinski definition) is 1. The molecular weight excluding hydrogens is 252 g/mol. The third kappa shape index (κ3) is 2.48. The fourth-order valence-corrected chi connectivity index (χ4v) is 2.59. The van der Waals surface area contributed by atoms with Gasteiger partial charge in [-0.05, 0) is 36.6 Å². The first-order valence-corrected chi connectivity index (χ1v) is 7.09. The van der Waals surface area contributed by atoms with Crippen LogP contribution in [0.15, 0.2) is 22.7 Å². The van der Waals surface area contributed by atoms with Gasteiger partial charge in [-0.1, -0.05) is 19.0 Å². The van der Waals surface area contributed by atoms with Crippen LogP contribution in [0, 0.1) is 0 Å². The maximum atomic E-state index is 5.86. The van der Waals surface area contributed by atoms with Gasteiger partial charge in [0.2, 0.25) is 5.89 Å². The molecule has 0 saturated carbocycles. The van der Waals surface area contributed by atoms with Crippen molar-refractivity contribution in [1.82, 2.24) is 10.1 Å². The summed E-state index contributed by atoms with van der Waals surface area (Å²) in [6, 6.07) is 6.10. The van der Waals surface area contributed by atoms with Gasteiger partial charge in [-0.25, -0.2) is 0 Å². The fraction of sp³-hybridized carbons (Fsp3) is 0.467. The zero-order valence-corrected chi connectivity index (χ0v) is 12.0. The molecule has 0 fully saturated rings. The third-order valence-corrected chi connectivity index (χ3v) is 3.64. The lowest BCUT2D eigenvalue weighted by Crippen LogP contribution is -2.29. The third-order valence-electron chi connectivity index (χ3n) is 3.64. The molecule has 20 heavy (non-hydrogen) atoms. The molecule has 2 aromatic rings. The number of fused-ring (bicyclic) bond motifs is 1. The molecular formula is C15H20N4O. The van der Waals surface area contributed by atoms with Crippen LogP contribution in [0.25, 0.3) is 0 Å². The first-order valence-electron chi connectivity index (χ1n) is 7.09. The number of aryl methyl sites for hydroxylation is 1. The summed E-state index contributed by atoms with van der Waals surface area (Å²) < 4.78 is 5.34. The summed E-state index contributed by atoms with van der Waals surface area (Å²) >= 11 is 0. The standard InChI is InChI=1S/C15H20N4O/c1-10(2)15-17-14(20-18-15)9-19-7-3-4-11-8-12(16)5-6-13(11)19/h5-6,8,10H,3-4,7,9,16H2,1-2H3. The Bertz CT molecular complexity index is 606. The second-order valence-electron chi connectivity index (χ2n) is 5.61. The number of nitrogen functional groups attached to an aromatic ring is 1. The van der Waals surface area contributed by atoms with E-state index < -0.39 is 0 Å². The molecule has 0 bridgehead atoms. The van der Waals surface area contributed by atoms with Crippen molar-refractivity contribution in [2.45, 2.75) is 39.2 Å².